The van der Waals surface area contributed by atoms with E-state index in [4.69, 9.17) is 11.6 Å². The van der Waals surface area contributed by atoms with Crippen LogP contribution >= 0.6 is 23.4 Å². The van der Waals surface area contributed by atoms with Crippen molar-refractivity contribution in [1.29, 1.82) is 0 Å². The second-order valence-electron chi connectivity index (χ2n) is 6.19. The molecular weight excluding hydrogens is 392 g/mol. The summed E-state index contributed by atoms with van der Waals surface area (Å²) >= 11 is 7.68. The van der Waals surface area contributed by atoms with Crippen molar-refractivity contribution in [2.45, 2.75) is 11.3 Å². The zero-order valence-electron chi connectivity index (χ0n) is 13.6. The highest BCUT2D eigenvalue weighted by Crippen LogP contribution is 2.43. The number of aliphatic imine (C=N–C) groups is 1. The van der Waals surface area contributed by atoms with Gasteiger partial charge in [-0.05, 0) is 24.3 Å². The number of carbonyl (C=O) groups excluding carboxylic acids is 1. The first-order chi connectivity index (χ1) is 12.4. The van der Waals surface area contributed by atoms with Gasteiger partial charge in [0.25, 0.3) is 5.91 Å². The molecule has 0 aromatic heterocycles. The van der Waals surface area contributed by atoms with Crippen molar-refractivity contribution < 1.29 is 13.2 Å². The molecule has 2 aliphatic rings. The molecule has 0 bridgehead atoms. The van der Waals surface area contributed by atoms with Crippen molar-refractivity contribution in [1.82, 2.24) is 0 Å². The Kier molecular flexibility index (Phi) is 4.54. The number of anilines is 1. The zero-order valence-corrected chi connectivity index (χ0v) is 16.0. The average Bonchev–Trinajstić information content (AvgIpc) is 3.07. The molecule has 1 amide bonds. The van der Waals surface area contributed by atoms with Gasteiger partial charge in [-0.3, -0.25) is 4.79 Å². The molecule has 2 atom stereocenters. The number of thioether (sulfide) groups is 1. The van der Waals surface area contributed by atoms with Gasteiger partial charge in [0.15, 0.2) is 15.0 Å². The molecule has 8 heteroatoms. The van der Waals surface area contributed by atoms with Crippen LogP contribution in [0.25, 0.3) is 0 Å². The number of rotatable bonds is 2. The summed E-state index contributed by atoms with van der Waals surface area (Å²) in [6.45, 7) is 0. The van der Waals surface area contributed by atoms with E-state index in [9.17, 15) is 13.2 Å². The molecule has 4 rings (SSSR count). The molecule has 2 saturated heterocycles. The van der Waals surface area contributed by atoms with Gasteiger partial charge in [-0.25, -0.2) is 8.42 Å². The Bertz CT molecular complexity index is 993. The van der Waals surface area contributed by atoms with E-state index in [-0.39, 0.29) is 28.7 Å². The summed E-state index contributed by atoms with van der Waals surface area (Å²) < 4.78 is 24.2. The summed E-state index contributed by atoms with van der Waals surface area (Å²) in [5.74, 6) is -0.232. The molecule has 0 radical (unpaired) electrons. The number of halogens is 1. The molecule has 26 heavy (non-hydrogen) atoms. The minimum Gasteiger partial charge on any atom is -0.314 e. The standard InChI is InChI=1S/C18H15ClN2O3S2/c19-13-8-4-5-9-14(13)21-15-10-26(23,24)11-16(15)25-18(21)20-17(22)12-6-2-1-3-7-12/h1-9,15-16H,10-11H2/t15-,16-/m0/s1. The van der Waals surface area contributed by atoms with Gasteiger partial charge in [0.05, 0.1) is 28.3 Å². The molecule has 2 aromatic carbocycles. The Hall–Kier alpha value is -1.83. The third-order valence-electron chi connectivity index (χ3n) is 4.40. The predicted octanol–water partition coefficient (Wildman–Crippen LogP) is 3.26. The van der Waals surface area contributed by atoms with Crippen LogP contribution in [-0.2, 0) is 9.84 Å². The number of amidine groups is 1. The van der Waals surface area contributed by atoms with Crippen LogP contribution in [0.3, 0.4) is 0 Å². The Morgan fingerprint density at radius 1 is 1.08 bits per heavy atom. The van der Waals surface area contributed by atoms with Crippen LogP contribution < -0.4 is 4.90 Å². The fourth-order valence-corrected chi connectivity index (χ4v) is 7.36. The second-order valence-corrected chi connectivity index (χ2v) is 9.95. The van der Waals surface area contributed by atoms with Gasteiger partial charge in [0.1, 0.15) is 0 Å². The van der Waals surface area contributed by atoms with Gasteiger partial charge in [-0.2, -0.15) is 4.99 Å². The first kappa shape index (κ1) is 17.6. The van der Waals surface area contributed by atoms with E-state index < -0.39 is 9.84 Å². The fourth-order valence-electron chi connectivity index (χ4n) is 3.23. The lowest BCUT2D eigenvalue weighted by Crippen LogP contribution is -2.37. The van der Waals surface area contributed by atoms with Gasteiger partial charge >= 0.3 is 0 Å². The molecule has 0 N–H and O–H groups in total. The molecule has 2 fully saturated rings. The molecule has 5 nitrogen and oxygen atoms in total. The van der Waals surface area contributed by atoms with Crippen LogP contribution in [0.5, 0.6) is 0 Å². The van der Waals surface area contributed by atoms with E-state index >= 15 is 0 Å². The number of sulfone groups is 1. The van der Waals surface area contributed by atoms with E-state index in [2.05, 4.69) is 4.99 Å². The molecular formula is C18H15ClN2O3S2. The van der Waals surface area contributed by atoms with Gasteiger partial charge in [0.2, 0.25) is 0 Å². The number of benzene rings is 2. The number of nitrogens with zero attached hydrogens (tertiary/aromatic N) is 2. The third-order valence-corrected chi connectivity index (χ3v) is 7.93. The molecule has 2 heterocycles. The van der Waals surface area contributed by atoms with Crippen molar-refractivity contribution in [3.63, 3.8) is 0 Å². The van der Waals surface area contributed by atoms with Crippen molar-refractivity contribution in [3.8, 4) is 0 Å². The van der Waals surface area contributed by atoms with Gasteiger partial charge in [-0.1, -0.05) is 53.7 Å². The average molecular weight is 407 g/mol. The first-order valence-corrected chi connectivity index (χ1v) is 11.1. The Labute approximate surface area is 161 Å². The van der Waals surface area contributed by atoms with E-state index in [0.29, 0.717) is 21.4 Å². The van der Waals surface area contributed by atoms with Crippen molar-refractivity contribution >= 4 is 50.0 Å². The summed E-state index contributed by atoms with van der Waals surface area (Å²) in [6.07, 6.45) is 0. The summed E-state index contributed by atoms with van der Waals surface area (Å²) in [5.41, 5.74) is 1.16. The molecule has 2 aromatic rings. The largest absolute Gasteiger partial charge is 0.314 e. The minimum absolute atomic E-state index is 0.0361. The summed E-state index contributed by atoms with van der Waals surface area (Å²) in [6, 6.07) is 15.7. The molecule has 0 spiro atoms. The maximum Gasteiger partial charge on any atom is 0.279 e. The van der Waals surface area contributed by atoms with Crippen molar-refractivity contribution in [2.75, 3.05) is 16.4 Å². The topological polar surface area (TPSA) is 66.8 Å². The maximum atomic E-state index is 12.5. The summed E-state index contributed by atoms with van der Waals surface area (Å²) in [4.78, 5) is 18.6. The zero-order chi connectivity index (χ0) is 18.3. The number of hydrogen-bond acceptors (Lipinski definition) is 4. The van der Waals surface area contributed by atoms with Gasteiger partial charge in [0, 0.05) is 10.8 Å². The number of para-hydroxylation sites is 1. The molecule has 0 aliphatic carbocycles. The quantitative estimate of drug-likeness (QED) is 0.765. The lowest BCUT2D eigenvalue weighted by molar-refractivity contribution is 0.100. The highest BCUT2D eigenvalue weighted by molar-refractivity contribution is 8.16. The number of carbonyl (C=O) groups is 1. The van der Waals surface area contributed by atoms with Gasteiger partial charge < -0.3 is 4.90 Å². The Morgan fingerprint density at radius 3 is 2.50 bits per heavy atom. The smallest absolute Gasteiger partial charge is 0.279 e. The van der Waals surface area contributed by atoms with Crippen LogP contribution in [0.1, 0.15) is 10.4 Å². The monoisotopic (exact) mass is 406 g/mol. The SMILES string of the molecule is O=C(N=C1S[C@H]2CS(=O)(=O)C[C@@H]2N1c1ccccc1Cl)c1ccccc1. The predicted molar refractivity (Wildman–Crippen MR) is 106 cm³/mol. The Morgan fingerprint density at radius 2 is 1.77 bits per heavy atom. The van der Waals surface area contributed by atoms with Crippen LogP contribution in [0.4, 0.5) is 5.69 Å². The van der Waals surface area contributed by atoms with Gasteiger partial charge in [-0.15, -0.1) is 0 Å². The van der Waals surface area contributed by atoms with E-state index in [1.54, 1.807) is 30.3 Å². The van der Waals surface area contributed by atoms with Crippen LogP contribution in [0, 0.1) is 0 Å². The second kappa shape index (κ2) is 6.72. The molecule has 134 valence electrons. The number of fused-ring (bicyclic) bond motifs is 1. The lowest BCUT2D eigenvalue weighted by Gasteiger charge is -2.25. The molecule has 0 saturated carbocycles. The fraction of sp³-hybridized carbons (Fsp3) is 0.222. The van der Waals surface area contributed by atoms with E-state index in [1.807, 2.05) is 29.2 Å². The number of amides is 1. The van der Waals surface area contributed by atoms with Crippen LogP contribution in [-0.4, -0.2) is 42.3 Å². The first-order valence-electron chi connectivity index (χ1n) is 8.03. The normalized spacial score (nSPS) is 25.4. The lowest BCUT2D eigenvalue weighted by atomic mass is 10.2. The van der Waals surface area contributed by atoms with Crippen LogP contribution in [0.2, 0.25) is 5.02 Å². The molecule has 0 unspecified atom stereocenters. The molecule has 2 aliphatic heterocycles. The number of hydrogen-bond donors (Lipinski definition) is 0. The summed E-state index contributed by atoms with van der Waals surface area (Å²) in [7, 11) is -3.11. The van der Waals surface area contributed by atoms with Crippen molar-refractivity contribution in [2.24, 2.45) is 4.99 Å². The van der Waals surface area contributed by atoms with Crippen LogP contribution in [0.15, 0.2) is 59.6 Å². The van der Waals surface area contributed by atoms with Crippen molar-refractivity contribution in [3.05, 3.63) is 65.2 Å². The highest BCUT2D eigenvalue weighted by atomic mass is 35.5. The Balaban J connectivity index is 1.75. The third kappa shape index (κ3) is 3.26. The summed E-state index contributed by atoms with van der Waals surface area (Å²) in [5, 5.41) is 0.841. The maximum absolute atomic E-state index is 12.5. The minimum atomic E-state index is -3.11. The van der Waals surface area contributed by atoms with E-state index in [1.165, 1.54) is 11.8 Å². The highest BCUT2D eigenvalue weighted by Gasteiger charge is 2.49. The van der Waals surface area contributed by atoms with E-state index in [0.717, 1.165) is 0 Å².